The summed E-state index contributed by atoms with van der Waals surface area (Å²) in [5.41, 5.74) is 2.07. The quantitative estimate of drug-likeness (QED) is 0.629. The highest BCUT2D eigenvalue weighted by molar-refractivity contribution is 8.04. The average Bonchev–Trinajstić information content (AvgIpc) is 2.79. The lowest BCUT2D eigenvalue weighted by molar-refractivity contribution is -0.112. The molecule has 2 N–H and O–H groups in total. The third-order valence-corrected chi connectivity index (χ3v) is 7.04. The van der Waals surface area contributed by atoms with Gasteiger partial charge in [0.15, 0.2) is 0 Å². The van der Waals surface area contributed by atoms with Crippen molar-refractivity contribution >= 4 is 46.9 Å². The molecule has 0 saturated carbocycles. The summed E-state index contributed by atoms with van der Waals surface area (Å²) in [7, 11) is 0. The van der Waals surface area contributed by atoms with Crippen LogP contribution in [0.25, 0.3) is 6.08 Å². The fourth-order valence-electron chi connectivity index (χ4n) is 3.81. The minimum Gasteiger partial charge on any atom is -0.351 e. The molecule has 2 aliphatic rings. The van der Waals surface area contributed by atoms with E-state index in [0.717, 1.165) is 49.7 Å². The number of halogens is 1. The second-order valence-corrected chi connectivity index (χ2v) is 9.38. The molecular weight excluding hydrogens is 444 g/mol. The second kappa shape index (κ2) is 10.5. The van der Waals surface area contributed by atoms with Gasteiger partial charge in [-0.1, -0.05) is 42.4 Å². The van der Waals surface area contributed by atoms with Crippen LogP contribution in [0, 0.1) is 0 Å². The van der Waals surface area contributed by atoms with E-state index < -0.39 is 0 Å². The van der Waals surface area contributed by atoms with E-state index in [1.54, 1.807) is 18.2 Å². The Bertz CT molecular complexity index is 1030. The van der Waals surface area contributed by atoms with Crippen LogP contribution in [0.4, 0.5) is 5.69 Å². The van der Waals surface area contributed by atoms with Crippen molar-refractivity contribution in [3.05, 3.63) is 63.5 Å². The molecule has 6 nitrogen and oxygen atoms in total. The highest BCUT2D eigenvalue weighted by Crippen LogP contribution is 2.39. The van der Waals surface area contributed by atoms with Crippen molar-refractivity contribution < 1.29 is 9.59 Å². The third-order valence-electron chi connectivity index (χ3n) is 5.71. The van der Waals surface area contributed by atoms with Crippen LogP contribution in [0.1, 0.15) is 22.8 Å². The Kier molecular flexibility index (Phi) is 7.52. The number of hydrogen-bond donors (Lipinski definition) is 2. The average molecular weight is 471 g/mol. The summed E-state index contributed by atoms with van der Waals surface area (Å²) >= 11 is 7.43. The van der Waals surface area contributed by atoms with E-state index in [2.05, 4.69) is 27.4 Å². The van der Waals surface area contributed by atoms with Gasteiger partial charge in [-0.05, 0) is 48.5 Å². The van der Waals surface area contributed by atoms with Crippen LogP contribution in [0.5, 0.6) is 0 Å². The van der Waals surface area contributed by atoms with E-state index in [1.807, 2.05) is 30.3 Å². The van der Waals surface area contributed by atoms with E-state index in [-0.39, 0.29) is 11.8 Å². The molecule has 0 unspecified atom stereocenters. The molecule has 32 heavy (non-hydrogen) atoms. The highest BCUT2D eigenvalue weighted by atomic mass is 35.5. The fraction of sp³-hybridized carbons (Fsp3) is 0.333. The number of anilines is 1. The van der Waals surface area contributed by atoms with Gasteiger partial charge in [-0.15, -0.1) is 0 Å². The molecule has 2 heterocycles. The summed E-state index contributed by atoms with van der Waals surface area (Å²) in [6, 6.07) is 12.8. The molecule has 8 heteroatoms. The van der Waals surface area contributed by atoms with E-state index in [4.69, 9.17) is 11.6 Å². The lowest BCUT2D eigenvalue weighted by atomic mass is 10.1. The number of amides is 2. The Balaban J connectivity index is 1.34. The Labute approximate surface area is 198 Å². The number of thioether (sulfide) groups is 1. The van der Waals surface area contributed by atoms with Crippen LogP contribution in [0.3, 0.4) is 0 Å². The number of benzene rings is 2. The zero-order valence-corrected chi connectivity index (χ0v) is 19.6. The molecule has 0 atom stereocenters. The minimum absolute atomic E-state index is 0.125. The Morgan fingerprint density at radius 1 is 1.16 bits per heavy atom. The Morgan fingerprint density at radius 3 is 2.69 bits per heavy atom. The van der Waals surface area contributed by atoms with E-state index in [0.29, 0.717) is 27.7 Å². The number of likely N-dealkylation sites (N-methyl/N-ethyl adjacent to an activating group) is 1. The molecule has 2 aromatic rings. The van der Waals surface area contributed by atoms with Gasteiger partial charge in [0, 0.05) is 54.8 Å². The topological polar surface area (TPSA) is 64.7 Å². The number of rotatable bonds is 6. The van der Waals surface area contributed by atoms with Crippen molar-refractivity contribution in [2.45, 2.75) is 11.8 Å². The summed E-state index contributed by atoms with van der Waals surface area (Å²) < 4.78 is 0. The third kappa shape index (κ3) is 5.72. The van der Waals surface area contributed by atoms with Gasteiger partial charge in [0.05, 0.1) is 10.6 Å². The van der Waals surface area contributed by atoms with Crippen LogP contribution in [0.2, 0.25) is 5.02 Å². The van der Waals surface area contributed by atoms with E-state index in [1.165, 1.54) is 11.8 Å². The number of nitrogens with zero attached hydrogens (tertiary/aromatic N) is 2. The van der Waals surface area contributed by atoms with E-state index in [9.17, 15) is 9.59 Å². The number of carbonyl (C=O) groups is 2. The standard InChI is InChI=1S/C24H27ClN4O2S/c1-2-28-10-12-29(13-11-28)9-8-26-23(30)18-6-7-21-20(16-18)27-24(31)22(32-21)15-17-4-3-5-19(25)14-17/h3-7,14-16H,2,8-13H2,1H3,(H,26,30)(H,27,31)/b22-15+. The first-order valence-electron chi connectivity index (χ1n) is 10.9. The maximum Gasteiger partial charge on any atom is 0.262 e. The fourth-order valence-corrected chi connectivity index (χ4v) is 4.94. The van der Waals surface area contributed by atoms with Crippen molar-refractivity contribution in [1.82, 2.24) is 15.1 Å². The van der Waals surface area contributed by atoms with Crippen LogP contribution in [-0.2, 0) is 4.79 Å². The first kappa shape index (κ1) is 22.9. The van der Waals surface area contributed by atoms with Crippen molar-refractivity contribution in [3.8, 4) is 0 Å². The molecule has 2 aliphatic heterocycles. The van der Waals surface area contributed by atoms with Gasteiger partial charge >= 0.3 is 0 Å². The van der Waals surface area contributed by atoms with Crippen molar-refractivity contribution in [2.24, 2.45) is 0 Å². The molecule has 1 saturated heterocycles. The minimum atomic E-state index is -0.189. The predicted molar refractivity (Wildman–Crippen MR) is 131 cm³/mol. The van der Waals surface area contributed by atoms with Gasteiger partial charge in [-0.25, -0.2) is 0 Å². The molecule has 0 spiro atoms. The molecular formula is C24H27ClN4O2S. The van der Waals surface area contributed by atoms with Crippen LogP contribution in [0.15, 0.2) is 52.3 Å². The summed E-state index contributed by atoms with van der Waals surface area (Å²) in [6.45, 7) is 8.98. The first-order valence-corrected chi connectivity index (χ1v) is 12.0. The number of fused-ring (bicyclic) bond motifs is 1. The van der Waals surface area contributed by atoms with Gasteiger partial charge in [0.25, 0.3) is 11.8 Å². The van der Waals surface area contributed by atoms with E-state index >= 15 is 0 Å². The van der Waals surface area contributed by atoms with Crippen LogP contribution >= 0.6 is 23.4 Å². The van der Waals surface area contributed by atoms with Crippen LogP contribution < -0.4 is 10.6 Å². The number of carbonyl (C=O) groups excluding carboxylic acids is 2. The molecule has 0 aliphatic carbocycles. The highest BCUT2D eigenvalue weighted by Gasteiger charge is 2.22. The lowest BCUT2D eigenvalue weighted by Gasteiger charge is -2.33. The molecule has 4 rings (SSSR count). The van der Waals surface area contributed by atoms with Crippen molar-refractivity contribution in [2.75, 3.05) is 51.1 Å². The van der Waals surface area contributed by atoms with Crippen LogP contribution in [-0.4, -0.2) is 67.4 Å². The summed E-state index contributed by atoms with van der Waals surface area (Å²) in [5.74, 6) is -0.314. The van der Waals surface area contributed by atoms with Crippen molar-refractivity contribution in [3.63, 3.8) is 0 Å². The lowest BCUT2D eigenvalue weighted by Crippen LogP contribution is -2.48. The molecule has 0 aromatic heterocycles. The maximum atomic E-state index is 12.6. The van der Waals surface area contributed by atoms with Gasteiger partial charge in [0.2, 0.25) is 0 Å². The zero-order chi connectivity index (χ0) is 22.5. The number of piperazine rings is 1. The normalized spacial score (nSPS) is 18.3. The van der Waals surface area contributed by atoms with Gasteiger partial charge in [-0.3, -0.25) is 14.5 Å². The molecule has 0 bridgehead atoms. The SMILES string of the molecule is CCN1CCN(CCNC(=O)c2ccc3c(c2)NC(=O)/C(=C\c2cccc(Cl)c2)S3)CC1. The zero-order valence-electron chi connectivity index (χ0n) is 18.1. The largest absolute Gasteiger partial charge is 0.351 e. The van der Waals surface area contributed by atoms with Gasteiger partial charge in [0.1, 0.15) is 0 Å². The molecule has 0 radical (unpaired) electrons. The maximum absolute atomic E-state index is 12.6. The first-order chi connectivity index (χ1) is 15.5. The monoisotopic (exact) mass is 470 g/mol. The molecule has 1 fully saturated rings. The number of hydrogen-bond acceptors (Lipinski definition) is 5. The van der Waals surface area contributed by atoms with Gasteiger partial charge in [-0.2, -0.15) is 0 Å². The Morgan fingerprint density at radius 2 is 1.94 bits per heavy atom. The van der Waals surface area contributed by atoms with Gasteiger partial charge < -0.3 is 15.5 Å². The summed E-state index contributed by atoms with van der Waals surface area (Å²) in [5, 5.41) is 6.53. The van der Waals surface area contributed by atoms with Crippen molar-refractivity contribution in [1.29, 1.82) is 0 Å². The predicted octanol–water partition coefficient (Wildman–Crippen LogP) is 3.79. The number of nitrogens with one attached hydrogen (secondary N) is 2. The molecule has 168 valence electrons. The summed E-state index contributed by atoms with van der Waals surface area (Å²) in [6.07, 6.45) is 1.82. The smallest absolute Gasteiger partial charge is 0.262 e. The molecule has 2 aromatic carbocycles. The Hall–Kier alpha value is -2.32. The second-order valence-electron chi connectivity index (χ2n) is 7.86. The molecule has 2 amide bonds. The summed E-state index contributed by atoms with van der Waals surface area (Å²) in [4.78, 5) is 31.5.